The Kier molecular flexibility index (Phi) is 5.25. The number of hydrogen-bond donors (Lipinski definition) is 2. The highest BCUT2D eigenvalue weighted by Gasteiger charge is 2.05. The van der Waals surface area contributed by atoms with E-state index in [1.165, 1.54) is 6.92 Å². The molecule has 3 nitrogen and oxygen atoms in total. The Morgan fingerprint density at radius 3 is 2.65 bits per heavy atom. The first kappa shape index (κ1) is 15.1. The monoisotopic (exact) mass is 400 g/mol. The number of amides is 1. The van der Waals surface area contributed by atoms with Crippen molar-refractivity contribution in [1.82, 2.24) is 0 Å². The summed E-state index contributed by atoms with van der Waals surface area (Å²) >= 11 is 8.18. The number of anilines is 2. The fourth-order valence-electron chi connectivity index (χ4n) is 1.81. The lowest BCUT2D eigenvalue weighted by Gasteiger charge is -2.13. The average Bonchev–Trinajstić information content (AvgIpc) is 2.39. The lowest BCUT2D eigenvalue weighted by atomic mass is 10.1. The Labute approximate surface area is 136 Å². The molecule has 0 aromatic heterocycles. The van der Waals surface area contributed by atoms with E-state index in [-0.39, 0.29) is 5.91 Å². The third-order valence-electron chi connectivity index (χ3n) is 2.73. The number of hydrogen-bond acceptors (Lipinski definition) is 2. The molecule has 0 atom stereocenters. The van der Waals surface area contributed by atoms with E-state index in [9.17, 15) is 4.79 Å². The molecule has 0 aliphatic carbocycles. The average molecular weight is 401 g/mol. The maximum atomic E-state index is 11.2. The molecule has 0 aliphatic rings. The van der Waals surface area contributed by atoms with Crippen LogP contribution in [0.3, 0.4) is 0 Å². The molecule has 2 rings (SSSR count). The zero-order valence-corrected chi connectivity index (χ0v) is 13.8. The minimum Gasteiger partial charge on any atom is -0.380 e. The molecule has 0 radical (unpaired) electrons. The summed E-state index contributed by atoms with van der Waals surface area (Å²) in [6.07, 6.45) is 0. The Morgan fingerprint density at radius 1 is 1.20 bits per heavy atom. The molecule has 0 saturated heterocycles. The van der Waals surface area contributed by atoms with E-state index in [4.69, 9.17) is 11.6 Å². The van der Waals surface area contributed by atoms with E-state index in [1.54, 1.807) is 0 Å². The quantitative estimate of drug-likeness (QED) is 0.741. The maximum absolute atomic E-state index is 11.2. The molecule has 2 aromatic rings. The number of rotatable bonds is 4. The third kappa shape index (κ3) is 4.11. The molecule has 104 valence electrons. The van der Waals surface area contributed by atoms with E-state index in [1.807, 2.05) is 42.5 Å². The molecular formula is C15H14ClIN2O. The number of carbonyl (C=O) groups is 1. The van der Waals surface area contributed by atoms with E-state index in [2.05, 4.69) is 33.2 Å². The van der Waals surface area contributed by atoms with Crippen LogP contribution in [-0.4, -0.2) is 5.91 Å². The van der Waals surface area contributed by atoms with Gasteiger partial charge in [-0.15, -0.1) is 0 Å². The van der Waals surface area contributed by atoms with Crippen LogP contribution in [0.25, 0.3) is 0 Å². The van der Waals surface area contributed by atoms with Crippen LogP contribution in [0, 0.1) is 3.57 Å². The molecule has 2 aromatic carbocycles. The van der Waals surface area contributed by atoms with Crippen molar-refractivity contribution >= 4 is 51.5 Å². The van der Waals surface area contributed by atoms with Gasteiger partial charge >= 0.3 is 0 Å². The van der Waals surface area contributed by atoms with Gasteiger partial charge in [-0.3, -0.25) is 4.79 Å². The molecule has 20 heavy (non-hydrogen) atoms. The van der Waals surface area contributed by atoms with Gasteiger partial charge in [0.15, 0.2) is 0 Å². The Hall–Kier alpha value is -1.27. The van der Waals surface area contributed by atoms with E-state index < -0.39 is 0 Å². The second-order valence-electron chi connectivity index (χ2n) is 4.32. The van der Waals surface area contributed by atoms with Crippen molar-refractivity contribution in [1.29, 1.82) is 0 Å². The smallest absolute Gasteiger partial charge is 0.221 e. The topological polar surface area (TPSA) is 41.1 Å². The lowest BCUT2D eigenvalue weighted by molar-refractivity contribution is -0.114. The second-order valence-corrected chi connectivity index (χ2v) is 5.91. The molecule has 1 amide bonds. The van der Waals surface area contributed by atoms with Gasteiger partial charge in [0.05, 0.1) is 0 Å². The summed E-state index contributed by atoms with van der Waals surface area (Å²) in [6.45, 7) is 2.14. The number of nitrogens with one attached hydrogen (secondary N) is 2. The van der Waals surface area contributed by atoms with Gasteiger partial charge < -0.3 is 10.6 Å². The predicted octanol–water partition coefficient (Wildman–Crippen LogP) is 4.52. The van der Waals surface area contributed by atoms with Crippen molar-refractivity contribution in [3.63, 3.8) is 0 Å². The molecule has 0 unspecified atom stereocenters. The van der Waals surface area contributed by atoms with Gasteiger partial charge in [0.1, 0.15) is 0 Å². The van der Waals surface area contributed by atoms with Crippen LogP contribution in [0.1, 0.15) is 12.5 Å². The van der Waals surface area contributed by atoms with Gasteiger partial charge in [-0.2, -0.15) is 0 Å². The highest BCUT2D eigenvalue weighted by Crippen LogP contribution is 2.24. The highest BCUT2D eigenvalue weighted by atomic mass is 127. The standard InChI is InChI=1S/C15H14ClIN2O/c1-10(20)19-14-5-3-2-4-11(14)9-18-15-7-6-12(16)8-13(15)17/h2-8,18H,9H2,1H3,(H,19,20). The molecule has 0 bridgehead atoms. The lowest BCUT2D eigenvalue weighted by Crippen LogP contribution is -2.10. The van der Waals surface area contributed by atoms with Crippen molar-refractivity contribution in [3.8, 4) is 0 Å². The summed E-state index contributed by atoms with van der Waals surface area (Å²) in [6, 6.07) is 13.4. The Morgan fingerprint density at radius 2 is 1.95 bits per heavy atom. The molecule has 5 heteroatoms. The number of carbonyl (C=O) groups excluding carboxylic acids is 1. The van der Waals surface area contributed by atoms with Crippen LogP contribution >= 0.6 is 34.2 Å². The van der Waals surface area contributed by atoms with Gasteiger partial charge in [0.25, 0.3) is 0 Å². The molecule has 0 aliphatic heterocycles. The van der Waals surface area contributed by atoms with Crippen LogP contribution in [0.15, 0.2) is 42.5 Å². The van der Waals surface area contributed by atoms with Crippen molar-refractivity contribution in [2.24, 2.45) is 0 Å². The van der Waals surface area contributed by atoms with Gasteiger partial charge in [-0.25, -0.2) is 0 Å². The number of para-hydroxylation sites is 1. The largest absolute Gasteiger partial charge is 0.380 e. The Balaban J connectivity index is 2.12. The predicted molar refractivity (Wildman–Crippen MR) is 92.2 cm³/mol. The molecule has 0 spiro atoms. The summed E-state index contributed by atoms with van der Waals surface area (Å²) in [5.41, 5.74) is 2.89. The highest BCUT2D eigenvalue weighted by molar-refractivity contribution is 14.1. The van der Waals surface area contributed by atoms with Crippen LogP contribution < -0.4 is 10.6 Å². The first-order valence-corrected chi connectivity index (χ1v) is 7.56. The first-order valence-electron chi connectivity index (χ1n) is 6.10. The van der Waals surface area contributed by atoms with Crippen LogP contribution in [-0.2, 0) is 11.3 Å². The van der Waals surface area contributed by atoms with Crippen molar-refractivity contribution in [2.75, 3.05) is 10.6 Å². The first-order chi connectivity index (χ1) is 9.56. The van der Waals surface area contributed by atoms with Gasteiger partial charge in [0.2, 0.25) is 5.91 Å². The summed E-state index contributed by atoms with van der Waals surface area (Å²) in [5, 5.41) is 6.91. The minimum absolute atomic E-state index is 0.0708. The zero-order chi connectivity index (χ0) is 14.5. The van der Waals surface area contributed by atoms with Crippen molar-refractivity contribution in [3.05, 3.63) is 56.6 Å². The summed E-state index contributed by atoms with van der Waals surface area (Å²) in [7, 11) is 0. The van der Waals surface area contributed by atoms with Crippen LogP contribution in [0.4, 0.5) is 11.4 Å². The molecule has 0 fully saturated rings. The van der Waals surface area contributed by atoms with Gasteiger partial charge in [-0.05, 0) is 52.4 Å². The fourth-order valence-corrected chi connectivity index (χ4v) is 2.87. The normalized spacial score (nSPS) is 10.2. The SMILES string of the molecule is CC(=O)Nc1ccccc1CNc1ccc(Cl)cc1I. The van der Waals surface area contributed by atoms with Crippen LogP contribution in [0.2, 0.25) is 5.02 Å². The molecular weight excluding hydrogens is 387 g/mol. The summed E-state index contributed by atoms with van der Waals surface area (Å²) < 4.78 is 1.06. The molecule has 0 saturated carbocycles. The zero-order valence-electron chi connectivity index (χ0n) is 10.9. The maximum Gasteiger partial charge on any atom is 0.221 e. The van der Waals surface area contributed by atoms with Crippen LogP contribution in [0.5, 0.6) is 0 Å². The van der Waals surface area contributed by atoms with Crippen molar-refractivity contribution < 1.29 is 4.79 Å². The minimum atomic E-state index is -0.0708. The second kappa shape index (κ2) is 6.95. The van der Waals surface area contributed by atoms with E-state index >= 15 is 0 Å². The third-order valence-corrected chi connectivity index (χ3v) is 3.86. The van der Waals surface area contributed by atoms with Gasteiger partial charge in [-0.1, -0.05) is 29.8 Å². The molecule has 0 heterocycles. The van der Waals surface area contributed by atoms with E-state index in [0.29, 0.717) is 6.54 Å². The Bertz CT molecular complexity index is 631. The van der Waals surface area contributed by atoms with Gasteiger partial charge in [0, 0.05) is 33.4 Å². The number of benzene rings is 2. The van der Waals surface area contributed by atoms with Crippen molar-refractivity contribution in [2.45, 2.75) is 13.5 Å². The summed E-state index contributed by atoms with van der Waals surface area (Å²) in [5.74, 6) is -0.0708. The molecule has 2 N–H and O–H groups in total. The van der Waals surface area contributed by atoms with E-state index in [0.717, 1.165) is 25.5 Å². The summed E-state index contributed by atoms with van der Waals surface area (Å²) in [4.78, 5) is 11.2. The number of halogens is 2. The fraction of sp³-hybridized carbons (Fsp3) is 0.133.